The Kier molecular flexibility index (Phi) is 4.17. The van der Waals surface area contributed by atoms with Gasteiger partial charge in [-0.05, 0) is 43.6 Å². The first-order valence-corrected chi connectivity index (χ1v) is 9.18. The van der Waals surface area contributed by atoms with Crippen LogP contribution in [0.2, 0.25) is 0 Å². The number of benzene rings is 1. The molecule has 0 spiro atoms. The Morgan fingerprint density at radius 3 is 2.42 bits per heavy atom. The zero-order chi connectivity index (χ0) is 16.5. The highest BCUT2D eigenvalue weighted by molar-refractivity contribution is 5.47. The first-order valence-electron chi connectivity index (χ1n) is 9.18. The van der Waals surface area contributed by atoms with Crippen molar-refractivity contribution in [3.8, 4) is 5.75 Å². The van der Waals surface area contributed by atoms with Crippen LogP contribution in [0.25, 0.3) is 0 Å². The van der Waals surface area contributed by atoms with Crippen LogP contribution in [-0.2, 0) is 12.8 Å². The molecule has 1 aromatic heterocycles. The average Bonchev–Trinajstić information content (AvgIpc) is 3.39. The molecule has 3 heteroatoms. The molecule has 4 rings (SSSR count). The molecule has 1 atom stereocenters. The van der Waals surface area contributed by atoms with E-state index in [1.165, 1.54) is 12.8 Å². The number of aromatic hydroxyl groups is 1. The standard InChI is InChI=1S/C21H24O3/c22-20-16-10-6-1-2-7-11-17(16)24-21(23)19(20)18(15-12-13-15)14-8-4-3-5-9-14/h3-5,8-9,15,18,22H,1-2,6-7,10-13H2/t18-/m1/s1. The normalized spacial score (nSPS) is 19.2. The smallest absolute Gasteiger partial charge is 0.343 e. The van der Waals surface area contributed by atoms with Crippen molar-refractivity contribution in [2.45, 2.75) is 57.3 Å². The van der Waals surface area contributed by atoms with Gasteiger partial charge in [-0.3, -0.25) is 0 Å². The molecule has 1 fully saturated rings. The van der Waals surface area contributed by atoms with Crippen LogP contribution < -0.4 is 5.63 Å². The van der Waals surface area contributed by atoms with Crippen LogP contribution in [0.15, 0.2) is 39.5 Å². The number of fused-ring (bicyclic) bond motifs is 1. The van der Waals surface area contributed by atoms with Gasteiger partial charge in [0.15, 0.2) is 0 Å². The van der Waals surface area contributed by atoms with Gasteiger partial charge in [-0.15, -0.1) is 0 Å². The van der Waals surface area contributed by atoms with Gasteiger partial charge in [-0.25, -0.2) is 4.79 Å². The Balaban J connectivity index is 1.84. The molecule has 0 amide bonds. The van der Waals surface area contributed by atoms with Crippen LogP contribution in [0.1, 0.15) is 66.9 Å². The van der Waals surface area contributed by atoms with E-state index in [2.05, 4.69) is 12.1 Å². The van der Waals surface area contributed by atoms with Gasteiger partial charge in [0, 0.05) is 17.9 Å². The average molecular weight is 324 g/mol. The molecule has 0 aliphatic heterocycles. The Labute approximate surface area is 142 Å². The van der Waals surface area contributed by atoms with Crippen molar-refractivity contribution in [1.29, 1.82) is 0 Å². The molecule has 0 bridgehead atoms. The maximum atomic E-state index is 12.7. The van der Waals surface area contributed by atoms with Crippen molar-refractivity contribution in [3.63, 3.8) is 0 Å². The molecule has 1 heterocycles. The maximum Gasteiger partial charge on any atom is 0.343 e. The first-order chi connectivity index (χ1) is 11.8. The molecule has 1 N–H and O–H groups in total. The van der Waals surface area contributed by atoms with E-state index >= 15 is 0 Å². The fourth-order valence-corrected chi connectivity index (χ4v) is 4.06. The van der Waals surface area contributed by atoms with E-state index in [0.717, 1.165) is 49.7 Å². The molecule has 2 aliphatic carbocycles. The van der Waals surface area contributed by atoms with Crippen LogP contribution in [-0.4, -0.2) is 5.11 Å². The second-order valence-corrected chi connectivity index (χ2v) is 7.19. The maximum absolute atomic E-state index is 12.7. The van der Waals surface area contributed by atoms with Crippen molar-refractivity contribution >= 4 is 0 Å². The second kappa shape index (κ2) is 6.46. The largest absolute Gasteiger partial charge is 0.507 e. The van der Waals surface area contributed by atoms with Crippen molar-refractivity contribution < 1.29 is 9.52 Å². The Morgan fingerprint density at radius 1 is 1.00 bits per heavy atom. The highest BCUT2D eigenvalue weighted by Crippen LogP contribution is 2.48. The van der Waals surface area contributed by atoms with E-state index in [4.69, 9.17) is 4.42 Å². The third-order valence-electron chi connectivity index (χ3n) is 5.46. The van der Waals surface area contributed by atoms with Crippen molar-refractivity contribution in [1.82, 2.24) is 0 Å². The van der Waals surface area contributed by atoms with Gasteiger partial charge >= 0.3 is 5.63 Å². The summed E-state index contributed by atoms with van der Waals surface area (Å²) in [7, 11) is 0. The summed E-state index contributed by atoms with van der Waals surface area (Å²) in [6.07, 6.45) is 8.21. The van der Waals surface area contributed by atoms with Gasteiger partial charge in [0.25, 0.3) is 0 Å². The van der Waals surface area contributed by atoms with Gasteiger partial charge in [0.05, 0.1) is 5.56 Å². The van der Waals surface area contributed by atoms with Crippen molar-refractivity contribution in [2.24, 2.45) is 5.92 Å². The monoisotopic (exact) mass is 324 g/mol. The van der Waals surface area contributed by atoms with Crippen LogP contribution >= 0.6 is 0 Å². The lowest BCUT2D eigenvalue weighted by Crippen LogP contribution is -2.19. The molecular formula is C21H24O3. The lowest BCUT2D eigenvalue weighted by molar-refractivity contribution is 0.382. The van der Waals surface area contributed by atoms with Gasteiger partial charge in [0.2, 0.25) is 0 Å². The summed E-state index contributed by atoms with van der Waals surface area (Å²) >= 11 is 0. The van der Waals surface area contributed by atoms with E-state index in [-0.39, 0.29) is 17.3 Å². The Hall–Kier alpha value is -2.03. The van der Waals surface area contributed by atoms with Crippen LogP contribution in [0, 0.1) is 5.92 Å². The minimum absolute atomic E-state index is 0.0433. The minimum Gasteiger partial charge on any atom is -0.507 e. The van der Waals surface area contributed by atoms with Gasteiger partial charge < -0.3 is 9.52 Å². The number of rotatable bonds is 3. The summed E-state index contributed by atoms with van der Waals surface area (Å²) in [6.45, 7) is 0. The molecule has 24 heavy (non-hydrogen) atoms. The van der Waals surface area contributed by atoms with E-state index < -0.39 is 0 Å². The fraction of sp³-hybridized carbons (Fsp3) is 0.476. The van der Waals surface area contributed by atoms with E-state index in [1.54, 1.807) is 0 Å². The fourth-order valence-electron chi connectivity index (χ4n) is 4.06. The summed E-state index contributed by atoms with van der Waals surface area (Å²) < 4.78 is 5.71. The predicted molar refractivity (Wildman–Crippen MR) is 93.5 cm³/mol. The zero-order valence-electron chi connectivity index (χ0n) is 14.0. The lowest BCUT2D eigenvalue weighted by Gasteiger charge is -2.21. The Morgan fingerprint density at radius 2 is 1.71 bits per heavy atom. The van der Waals surface area contributed by atoms with E-state index in [0.29, 0.717) is 17.2 Å². The highest BCUT2D eigenvalue weighted by Gasteiger charge is 2.38. The summed E-state index contributed by atoms with van der Waals surface area (Å²) in [5, 5.41) is 11.0. The SMILES string of the molecule is O=c1oc2c(c(O)c1[C@H](c1ccccc1)C1CC1)CCCCCC2. The van der Waals surface area contributed by atoms with Gasteiger partial charge in [0.1, 0.15) is 11.5 Å². The predicted octanol–water partition coefficient (Wildman–Crippen LogP) is 4.55. The molecule has 0 unspecified atom stereocenters. The van der Waals surface area contributed by atoms with Crippen molar-refractivity contribution in [3.05, 3.63) is 63.2 Å². The van der Waals surface area contributed by atoms with Crippen LogP contribution in [0.3, 0.4) is 0 Å². The molecule has 2 aliphatic rings. The molecule has 1 saturated carbocycles. The third kappa shape index (κ3) is 2.88. The van der Waals surface area contributed by atoms with Crippen LogP contribution in [0.4, 0.5) is 0 Å². The molecule has 0 radical (unpaired) electrons. The summed E-state index contributed by atoms with van der Waals surface area (Å²) in [6, 6.07) is 10.1. The zero-order valence-corrected chi connectivity index (χ0v) is 14.0. The first kappa shape index (κ1) is 15.5. The van der Waals surface area contributed by atoms with Gasteiger partial charge in [-0.2, -0.15) is 0 Å². The second-order valence-electron chi connectivity index (χ2n) is 7.19. The number of hydrogen-bond acceptors (Lipinski definition) is 3. The quantitative estimate of drug-likeness (QED) is 0.901. The van der Waals surface area contributed by atoms with Gasteiger partial charge in [-0.1, -0.05) is 43.2 Å². The van der Waals surface area contributed by atoms with E-state index in [1.807, 2.05) is 18.2 Å². The highest BCUT2D eigenvalue weighted by atomic mass is 16.4. The molecular weight excluding hydrogens is 300 g/mol. The third-order valence-corrected chi connectivity index (χ3v) is 5.46. The van der Waals surface area contributed by atoms with E-state index in [9.17, 15) is 9.90 Å². The molecule has 0 saturated heterocycles. The molecule has 126 valence electrons. The topological polar surface area (TPSA) is 50.4 Å². The minimum atomic E-state index is -0.340. The molecule has 3 nitrogen and oxygen atoms in total. The summed E-state index contributed by atoms with van der Waals surface area (Å²) in [5.41, 5.74) is 2.13. The van der Waals surface area contributed by atoms with Crippen molar-refractivity contribution in [2.75, 3.05) is 0 Å². The summed E-state index contributed by atoms with van der Waals surface area (Å²) in [5.74, 6) is 1.32. The number of aryl methyl sites for hydroxylation is 1. The lowest BCUT2D eigenvalue weighted by atomic mass is 9.85. The Bertz CT molecular complexity index is 772. The molecule has 2 aromatic rings. The number of hydrogen-bond donors (Lipinski definition) is 1. The molecule has 1 aromatic carbocycles. The summed E-state index contributed by atoms with van der Waals surface area (Å²) in [4.78, 5) is 12.7. The van der Waals surface area contributed by atoms with Crippen LogP contribution in [0.5, 0.6) is 5.75 Å².